The Kier molecular flexibility index (Phi) is 7.30. The first kappa shape index (κ1) is 16.7. The summed E-state index contributed by atoms with van der Waals surface area (Å²) in [5.74, 6) is 2.06. The molecule has 114 valence electrons. The number of nitrogens with one attached hydrogen (secondary N) is 1. The number of nitrogens with zero attached hydrogens (tertiary/aromatic N) is 4. The van der Waals surface area contributed by atoms with E-state index in [0.29, 0.717) is 0 Å². The van der Waals surface area contributed by atoms with E-state index >= 15 is 0 Å². The third-order valence-electron chi connectivity index (χ3n) is 3.34. The van der Waals surface area contributed by atoms with Crippen molar-refractivity contribution in [2.24, 2.45) is 0 Å². The van der Waals surface area contributed by atoms with Crippen LogP contribution < -0.4 is 10.2 Å². The first-order valence-corrected chi connectivity index (χ1v) is 7.61. The normalized spacial score (nSPS) is 10.9. The van der Waals surface area contributed by atoms with Crippen LogP contribution in [0.4, 0.5) is 11.6 Å². The van der Waals surface area contributed by atoms with Gasteiger partial charge in [0.05, 0.1) is 0 Å². The van der Waals surface area contributed by atoms with E-state index in [4.69, 9.17) is 0 Å². The standard InChI is InChI=1S/C15H29N5/c1-6-13-14(16-7-2)17-12-18-15(13)20(8-3)11-9-10-19(4)5/h12H,6-11H2,1-5H3,(H,16,17,18). The van der Waals surface area contributed by atoms with Crippen molar-refractivity contribution < 1.29 is 0 Å². The Labute approximate surface area is 123 Å². The molecule has 0 atom stereocenters. The maximum Gasteiger partial charge on any atom is 0.137 e. The van der Waals surface area contributed by atoms with E-state index in [2.05, 4.69) is 60.0 Å². The summed E-state index contributed by atoms with van der Waals surface area (Å²) in [4.78, 5) is 13.5. The van der Waals surface area contributed by atoms with Crippen molar-refractivity contribution in [3.8, 4) is 0 Å². The van der Waals surface area contributed by atoms with Crippen molar-refractivity contribution in [1.82, 2.24) is 14.9 Å². The van der Waals surface area contributed by atoms with Crippen molar-refractivity contribution in [3.05, 3.63) is 11.9 Å². The average molecular weight is 279 g/mol. The highest BCUT2D eigenvalue weighted by molar-refractivity contribution is 5.58. The fraction of sp³-hybridized carbons (Fsp3) is 0.733. The maximum atomic E-state index is 4.52. The molecule has 0 unspecified atom stereocenters. The number of anilines is 2. The molecule has 0 amide bonds. The third kappa shape index (κ3) is 4.63. The van der Waals surface area contributed by atoms with Crippen LogP contribution in [0.15, 0.2) is 6.33 Å². The molecule has 1 aromatic heterocycles. The summed E-state index contributed by atoms with van der Waals surface area (Å²) in [7, 11) is 4.23. The molecule has 0 aliphatic carbocycles. The van der Waals surface area contributed by atoms with Crippen LogP contribution in [0.1, 0.15) is 32.8 Å². The van der Waals surface area contributed by atoms with Crippen LogP contribution in [0.2, 0.25) is 0 Å². The van der Waals surface area contributed by atoms with E-state index in [1.54, 1.807) is 6.33 Å². The third-order valence-corrected chi connectivity index (χ3v) is 3.34. The van der Waals surface area contributed by atoms with Crippen LogP contribution >= 0.6 is 0 Å². The van der Waals surface area contributed by atoms with Gasteiger partial charge in [-0.25, -0.2) is 9.97 Å². The second-order valence-electron chi connectivity index (χ2n) is 5.14. The fourth-order valence-electron chi connectivity index (χ4n) is 2.31. The monoisotopic (exact) mass is 279 g/mol. The molecule has 1 rings (SSSR count). The van der Waals surface area contributed by atoms with E-state index in [1.165, 1.54) is 5.56 Å². The predicted octanol–water partition coefficient (Wildman–Crippen LogP) is 2.25. The zero-order chi connectivity index (χ0) is 15.0. The lowest BCUT2D eigenvalue weighted by Gasteiger charge is -2.25. The molecule has 20 heavy (non-hydrogen) atoms. The minimum absolute atomic E-state index is 0.885. The van der Waals surface area contributed by atoms with Gasteiger partial charge in [-0.2, -0.15) is 0 Å². The zero-order valence-corrected chi connectivity index (χ0v) is 13.6. The van der Waals surface area contributed by atoms with Gasteiger partial charge in [0.15, 0.2) is 0 Å². The fourth-order valence-corrected chi connectivity index (χ4v) is 2.31. The number of hydrogen-bond donors (Lipinski definition) is 1. The minimum Gasteiger partial charge on any atom is -0.370 e. The van der Waals surface area contributed by atoms with Crippen molar-refractivity contribution in [2.75, 3.05) is 50.5 Å². The average Bonchev–Trinajstić information content (AvgIpc) is 2.43. The lowest BCUT2D eigenvalue weighted by atomic mass is 10.2. The van der Waals surface area contributed by atoms with Crippen molar-refractivity contribution >= 4 is 11.6 Å². The van der Waals surface area contributed by atoms with Gasteiger partial charge in [0.2, 0.25) is 0 Å². The summed E-state index contributed by atoms with van der Waals surface area (Å²) >= 11 is 0. The van der Waals surface area contributed by atoms with E-state index in [0.717, 1.165) is 50.7 Å². The highest BCUT2D eigenvalue weighted by Crippen LogP contribution is 2.24. The largest absolute Gasteiger partial charge is 0.370 e. The Balaban J connectivity index is 2.87. The summed E-state index contributed by atoms with van der Waals surface area (Å²) in [6, 6.07) is 0. The molecule has 1 aromatic rings. The molecule has 0 saturated heterocycles. The molecular formula is C15H29N5. The van der Waals surface area contributed by atoms with Crippen LogP contribution in [-0.4, -0.2) is 55.1 Å². The van der Waals surface area contributed by atoms with Gasteiger partial charge in [-0.1, -0.05) is 6.92 Å². The summed E-state index contributed by atoms with van der Waals surface area (Å²) < 4.78 is 0. The van der Waals surface area contributed by atoms with Gasteiger partial charge < -0.3 is 15.1 Å². The van der Waals surface area contributed by atoms with Gasteiger partial charge >= 0.3 is 0 Å². The number of hydrogen-bond acceptors (Lipinski definition) is 5. The Morgan fingerprint density at radius 2 is 1.85 bits per heavy atom. The van der Waals surface area contributed by atoms with E-state index in [9.17, 15) is 0 Å². The summed E-state index contributed by atoms with van der Waals surface area (Å²) in [5.41, 5.74) is 1.22. The summed E-state index contributed by atoms with van der Waals surface area (Å²) in [6.07, 6.45) is 3.76. The van der Waals surface area contributed by atoms with Gasteiger partial charge in [0.1, 0.15) is 18.0 Å². The number of aromatic nitrogens is 2. The molecule has 0 radical (unpaired) electrons. The Morgan fingerprint density at radius 3 is 2.40 bits per heavy atom. The van der Waals surface area contributed by atoms with Crippen LogP contribution in [0.3, 0.4) is 0 Å². The molecule has 0 aliphatic heterocycles. The maximum absolute atomic E-state index is 4.52. The molecular weight excluding hydrogens is 250 g/mol. The second-order valence-corrected chi connectivity index (χ2v) is 5.14. The van der Waals surface area contributed by atoms with Crippen LogP contribution in [0.5, 0.6) is 0 Å². The van der Waals surface area contributed by atoms with Crippen molar-refractivity contribution in [2.45, 2.75) is 33.6 Å². The van der Waals surface area contributed by atoms with Crippen molar-refractivity contribution in [1.29, 1.82) is 0 Å². The minimum atomic E-state index is 0.885. The first-order valence-electron chi connectivity index (χ1n) is 7.61. The quantitative estimate of drug-likeness (QED) is 0.751. The molecule has 1 heterocycles. The zero-order valence-electron chi connectivity index (χ0n) is 13.6. The van der Waals surface area contributed by atoms with Crippen LogP contribution in [0.25, 0.3) is 0 Å². The van der Waals surface area contributed by atoms with E-state index in [1.807, 2.05) is 0 Å². The lowest BCUT2D eigenvalue weighted by Crippen LogP contribution is -2.29. The van der Waals surface area contributed by atoms with E-state index < -0.39 is 0 Å². The molecule has 0 saturated carbocycles. The van der Waals surface area contributed by atoms with Crippen LogP contribution in [0, 0.1) is 0 Å². The molecule has 0 fully saturated rings. The highest BCUT2D eigenvalue weighted by Gasteiger charge is 2.14. The molecule has 1 N–H and O–H groups in total. The van der Waals surface area contributed by atoms with Crippen molar-refractivity contribution in [3.63, 3.8) is 0 Å². The Hall–Kier alpha value is -1.36. The van der Waals surface area contributed by atoms with Crippen LogP contribution in [-0.2, 0) is 6.42 Å². The highest BCUT2D eigenvalue weighted by atomic mass is 15.2. The number of rotatable bonds is 9. The molecule has 5 heteroatoms. The summed E-state index contributed by atoms with van der Waals surface area (Å²) in [6.45, 7) is 10.4. The van der Waals surface area contributed by atoms with Gasteiger partial charge in [-0.15, -0.1) is 0 Å². The molecule has 0 aromatic carbocycles. The van der Waals surface area contributed by atoms with Gasteiger partial charge in [-0.3, -0.25) is 0 Å². The molecule has 0 spiro atoms. The molecule has 5 nitrogen and oxygen atoms in total. The Bertz CT molecular complexity index is 392. The SMILES string of the molecule is CCNc1ncnc(N(CC)CCCN(C)C)c1CC. The predicted molar refractivity (Wildman–Crippen MR) is 86.6 cm³/mol. The van der Waals surface area contributed by atoms with Gasteiger partial charge in [0.25, 0.3) is 0 Å². The second kappa shape index (κ2) is 8.74. The smallest absolute Gasteiger partial charge is 0.137 e. The van der Waals surface area contributed by atoms with Gasteiger partial charge in [0, 0.05) is 25.2 Å². The molecule has 0 bridgehead atoms. The van der Waals surface area contributed by atoms with E-state index in [-0.39, 0.29) is 0 Å². The first-order chi connectivity index (χ1) is 9.63. The van der Waals surface area contributed by atoms with Gasteiger partial charge in [-0.05, 0) is 47.3 Å². The lowest BCUT2D eigenvalue weighted by molar-refractivity contribution is 0.400. The molecule has 0 aliphatic rings. The summed E-state index contributed by atoms with van der Waals surface area (Å²) in [5, 5.41) is 3.33. The topological polar surface area (TPSA) is 44.3 Å². The Morgan fingerprint density at radius 1 is 1.10 bits per heavy atom.